The van der Waals surface area contributed by atoms with Crippen molar-refractivity contribution in [2.75, 3.05) is 26.2 Å². The summed E-state index contributed by atoms with van der Waals surface area (Å²) in [7, 11) is 0. The van der Waals surface area contributed by atoms with Crippen LogP contribution in [-0.2, 0) is 11.3 Å². The lowest BCUT2D eigenvalue weighted by atomic mass is 10.1. The Hall–Kier alpha value is -1.39. The number of amides is 1. The summed E-state index contributed by atoms with van der Waals surface area (Å²) < 4.78 is 0. The number of piperazine rings is 1. The standard InChI is InChI=1S/C20H31N3O/c1-16-7-3-4-8-18(16)15-22-11-13-23(14-12-22)17(2)20(24)21-19-9-5-6-10-19/h3-4,7-8,17,19H,5-6,9-15H2,1-2H3,(H,21,24)/p+2/t17-/m1/s1. The molecule has 4 nitrogen and oxygen atoms in total. The molecule has 1 saturated heterocycles. The van der Waals surface area contributed by atoms with Crippen molar-refractivity contribution in [3.63, 3.8) is 0 Å². The molecule has 2 aliphatic rings. The molecule has 24 heavy (non-hydrogen) atoms. The monoisotopic (exact) mass is 331 g/mol. The lowest BCUT2D eigenvalue weighted by molar-refractivity contribution is -1.02. The van der Waals surface area contributed by atoms with Crippen LogP contribution >= 0.6 is 0 Å². The maximum absolute atomic E-state index is 12.5. The van der Waals surface area contributed by atoms with E-state index in [0.29, 0.717) is 6.04 Å². The third kappa shape index (κ3) is 4.37. The molecular formula is C20H33N3O+2. The van der Waals surface area contributed by atoms with Crippen molar-refractivity contribution in [3.8, 4) is 0 Å². The highest BCUT2D eigenvalue weighted by molar-refractivity contribution is 5.80. The first-order valence-electron chi connectivity index (χ1n) is 9.66. The van der Waals surface area contributed by atoms with Gasteiger partial charge in [-0.15, -0.1) is 0 Å². The van der Waals surface area contributed by atoms with E-state index < -0.39 is 0 Å². The van der Waals surface area contributed by atoms with Crippen molar-refractivity contribution in [2.45, 2.75) is 58.2 Å². The zero-order valence-corrected chi connectivity index (χ0v) is 15.2. The zero-order chi connectivity index (χ0) is 16.9. The predicted octanol–water partition coefficient (Wildman–Crippen LogP) is -0.274. The zero-order valence-electron chi connectivity index (χ0n) is 15.2. The van der Waals surface area contributed by atoms with Crippen LogP contribution in [0.25, 0.3) is 0 Å². The van der Waals surface area contributed by atoms with Gasteiger partial charge in [0.25, 0.3) is 5.91 Å². The summed E-state index contributed by atoms with van der Waals surface area (Å²) in [4.78, 5) is 15.6. The van der Waals surface area contributed by atoms with Gasteiger partial charge >= 0.3 is 0 Å². The molecule has 3 N–H and O–H groups in total. The van der Waals surface area contributed by atoms with Gasteiger partial charge in [0.05, 0.1) is 0 Å². The maximum atomic E-state index is 12.5. The molecule has 1 atom stereocenters. The Morgan fingerprint density at radius 1 is 1.17 bits per heavy atom. The third-order valence-corrected chi connectivity index (χ3v) is 6.01. The molecular weight excluding hydrogens is 298 g/mol. The molecule has 0 spiro atoms. The molecule has 1 aliphatic carbocycles. The SMILES string of the molecule is Cc1ccccc1C[NH+]1CC[NH+]([C@H](C)C(=O)NC2CCCC2)CC1. The number of quaternary nitrogens is 2. The summed E-state index contributed by atoms with van der Waals surface area (Å²) in [6, 6.07) is 9.22. The van der Waals surface area contributed by atoms with Crippen LogP contribution in [-0.4, -0.2) is 44.2 Å². The number of nitrogens with one attached hydrogen (secondary N) is 3. The van der Waals surface area contributed by atoms with E-state index in [-0.39, 0.29) is 11.9 Å². The number of carbonyl (C=O) groups is 1. The minimum absolute atomic E-state index is 0.0885. The van der Waals surface area contributed by atoms with Crippen LogP contribution in [0.4, 0.5) is 0 Å². The molecule has 3 rings (SSSR count). The second kappa shape index (κ2) is 8.13. The van der Waals surface area contributed by atoms with Gasteiger partial charge in [-0.25, -0.2) is 0 Å². The van der Waals surface area contributed by atoms with Gasteiger partial charge in [0.2, 0.25) is 0 Å². The van der Waals surface area contributed by atoms with Gasteiger partial charge in [-0.2, -0.15) is 0 Å². The van der Waals surface area contributed by atoms with Gasteiger partial charge < -0.3 is 15.1 Å². The molecule has 132 valence electrons. The van der Waals surface area contributed by atoms with Gasteiger partial charge in [0.15, 0.2) is 6.04 Å². The summed E-state index contributed by atoms with van der Waals surface area (Å²) in [5.41, 5.74) is 2.85. The van der Waals surface area contributed by atoms with E-state index >= 15 is 0 Å². The average Bonchev–Trinajstić information content (AvgIpc) is 3.10. The van der Waals surface area contributed by atoms with E-state index in [9.17, 15) is 4.79 Å². The van der Waals surface area contributed by atoms with Crippen molar-refractivity contribution < 1.29 is 14.6 Å². The topological polar surface area (TPSA) is 38.0 Å². The molecule has 0 unspecified atom stereocenters. The molecule has 1 aliphatic heterocycles. The van der Waals surface area contributed by atoms with Gasteiger partial charge in [0.1, 0.15) is 32.7 Å². The van der Waals surface area contributed by atoms with Crippen LogP contribution in [0.5, 0.6) is 0 Å². The Balaban J connectivity index is 1.45. The Morgan fingerprint density at radius 3 is 2.50 bits per heavy atom. The third-order valence-electron chi connectivity index (χ3n) is 6.01. The van der Waals surface area contributed by atoms with E-state index in [1.807, 2.05) is 0 Å². The smallest absolute Gasteiger partial charge is 0.278 e. The highest BCUT2D eigenvalue weighted by Gasteiger charge is 2.32. The first kappa shape index (κ1) is 17.4. The van der Waals surface area contributed by atoms with Crippen molar-refractivity contribution in [3.05, 3.63) is 35.4 Å². The van der Waals surface area contributed by atoms with Gasteiger partial charge in [-0.3, -0.25) is 4.79 Å². The Bertz CT molecular complexity index is 546. The summed E-state index contributed by atoms with van der Waals surface area (Å²) in [6.07, 6.45) is 4.88. The van der Waals surface area contributed by atoms with Crippen LogP contribution in [0.15, 0.2) is 24.3 Å². The predicted molar refractivity (Wildman–Crippen MR) is 96.1 cm³/mol. The first-order chi connectivity index (χ1) is 11.6. The maximum Gasteiger partial charge on any atom is 0.278 e. The molecule has 0 aromatic heterocycles. The minimum atomic E-state index is 0.0885. The fourth-order valence-electron chi connectivity index (χ4n) is 4.19. The lowest BCUT2D eigenvalue weighted by Gasteiger charge is -2.33. The number of hydrogen-bond acceptors (Lipinski definition) is 1. The number of benzene rings is 1. The van der Waals surface area contributed by atoms with Gasteiger partial charge in [-0.05, 0) is 32.3 Å². The molecule has 1 amide bonds. The highest BCUT2D eigenvalue weighted by Crippen LogP contribution is 2.17. The van der Waals surface area contributed by atoms with Crippen molar-refractivity contribution in [1.82, 2.24) is 5.32 Å². The number of carbonyl (C=O) groups excluding carboxylic acids is 1. The molecule has 2 fully saturated rings. The quantitative estimate of drug-likeness (QED) is 0.683. The normalized spacial score (nSPS) is 26.2. The Morgan fingerprint density at radius 2 is 1.83 bits per heavy atom. The highest BCUT2D eigenvalue weighted by atomic mass is 16.2. The van der Waals surface area contributed by atoms with Gasteiger partial charge in [-0.1, -0.05) is 37.1 Å². The summed E-state index contributed by atoms with van der Waals surface area (Å²) in [5.74, 6) is 0.263. The summed E-state index contributed by atoms with van der Waals surface area (Å²) in [5, 5.41) is 3.27. The first-order valence-corrected chi connectivity index (χ1v) is 9.66. The Labute approximate surface area is 146 Å². The van der Waals surface area contributed by atoms with E-state index in [1.165, 1.54) is 41.7 Å². The molecule has 1 heterocycles. The van der Waals surface area contributed by atoms with Crippen molar-refractivity contribution in [1.29, 1.82) is 0 Å². The molecule has 0 bridgehead atoms. The van der Waals surface area contributed by atoms with Crippen LogP contribution in [0.2, 0.25) is 0 Å². The molecule has 0 radical (unpaired) electrons. The van der Waals surface area contributed by atoms with Crippen LogP contribution in [0.1, 0.15) is 43.7 Å². The lowest BCUT2D eigenvalue weighted by Crippen LogP contribution is -3.29. The van der Waals surface area contributed by atoms with Crippen molar-refractivity contribution in [2.24, 2.45) is 0 Å². The van der Waals surface area contributed by atoms with Crippen LogP contribution in [0.3, 0.4) is 0 Å². The summed E-state index contributed by atoms with van der Waals surface area (Å²) in [6.45, 7) is 9.93. The number of rotatable bonds is 5. The van der Waals surface area contributed by atoms with E-state index in [4.69, 9.17) is 0 Å². The fraction of sp³-hybridized carbons (Fsp3) is 0.650. The average molecular weight is 332 g/mol. The van der Waals surface area contributed by atoms with Crippen LogP contribution in [0, 0.1) is 6.92 Å². The van der Waals surface area contributed by atoms with Crippen LogP contribution < -0.4 is 15.1 Å². The van der Waals surface area contributed by atoms with E-state index in [2.05, 4.69) is 43.4 Å². The largest absolute Gasteiger partial charge is 0.348 e. The van der Waals surface area contributed by atoms with E-state index in [1.54, 1.807) is 4.90 Å². The molecule has 1 aromatic rings. The van der Waals surface area contributed by atoms with Gasteiger partial charge in [0, 0.05) is 11.6 Å². The Kier molecular flexibility index (Phi) is 5.90. The second-order valence-corrected chi connectivity index (χ2v) is 7.72. The fourth-order valence-corrected chi connectivity index (χ4v) is 4.19. The van der Waals surface area contributed by atoms with E-state index in [0.717, 1.165) is 32.7 Å². The molecule has 1 aromatic carbocycles. The summed E-state index contributed by atoms with van der Waals surface area (Å²) >= 11 is 0. The van der Waals surface area contributed by atoms with Crippen molar-refractivity contribution >= 4 is 5.91 Å². The second-order valence-electron chi connectivity index (χ2n) is 7.72. The molecule has 1 saturated carbocycles. The minimum Gasteiger partial charge on any atom is -0.348 e. The molecule has 4 heteroatoms. The number of aryl methyl sites for hydroxylation is 1. The number of hydrogen-bond donors (Lipinski definition) is 3.